The molecular formula is C10H18N2O2. The van der Waals surface area contributed by atoms with Gasteiger partial charge in [0.05, 0.1) is 12.6 Å². The molecule has 4 heteroatoms. The molecule has 1 heterocycles. The van der Waals surface area contributed by atoms with Crippen molar-refractivity contribution in [3.63, 3.8) is 0 Å². The van der Waals surface area contributed by atoms with Crippen LogP contribution in [0.5, 0.6) is 0 Å². The van der Waals surface area contributed by atoms with Crippen LogP contribution in [0.15, 0.2) is 0 Å². The number of ether oxygens (including phenoxy) is 1. The molecule has 0 unspecified atom stereocenters. The van der Waals surface area contributed by atoms with E-state index in [-0.39, 0.29) is 5.91 Å². The molecule has 1 saturated heterocycles. The second-order valence-electron chi connectivity index (χ2n) is 4.11. The van der Waals surface area contributed by atoms with Gasteiger partial charge in [0.2, 0.25) is 5.91 Å². The third-order valence-corrected chi connectivity index (χ3v) is 2.62. The zero-order chi connectivity index (χ0) is 9.80. The first-order chi connectivity index (χ1) is 6.84. The minimum absolute atomic E-state index is 0.116. The molecule has 0 aromatic rings. The van der Waals surface area contributed by atoms with E-state index in [1.807, 2.05) is 0 Å². The van der Waals surface area contributed by atoms with Crippen LogP contribution in [0.3, 0.4) is 0 Å². The smallest absolute Gasteiger partial charge is 0.234 e. The minimum atomic E-state index is 0.116. The molecule has 0 bridgehead atoms. The fourth-order valence-corrected chi connectivity index (χ4v) is 1.66. The molecule has 2 aliphatic rings. The van der Waals surface area contributed by atoms with Crippen molar-refractivity contribution >= 4 is 5.91 Å². The monoisotopic (exact) mass is 198 g/mol. The van der Waals surface area contributed by atoms with Crippen LogP contribution in [0.25, 0.3) is 0 Å². The molecule has 80 valence electrons. The van der Waals surface area contributed by atoms with E-state index >= 15 is 0 Å². The molecule has 2 N–H and O–H groups in total. The number of rotatable bonds is 5. The lowest BCUT2D eigenvalue weighted by Gasteiger charge is -2.10. The Hall–Kier alpha value is -0.610. The van der Waals surface area contributed by atoms with Gasteiger partial charge >= 0.3 is 0 Å². The third-order valence-electron chi connectivity index (χ3n) is 2.62. The molecule has 0 aromatic heterocycles. The maximum Gasteiger partial charge on any atom is 0.234 e. The van der Waals surface area contributed by atoms with Crippen LogP contribution in [0.2, 0.25) is 0 Å². The van der Waals surface area contributed by atoms with Crippen LogP contribution in [0.1, 0.15) is 25.7 Å². The number of carbonyl (C=O) groups is 1. The Kier molecular flexibility index (Phi) is 3.37. The molecule has 0 radical (unpaired) electrons. The first-order valence-corrected chi connectivity index (χ1v) is 5.46. The normalized spacial score (nSPS) is 26.4. The van der Waals surface area contributed by atoms with Crippen molar-refractivity contribution in [2.24, 2.45) is 0 Å². The molecule has 1 saturated carbocycles. The summed E-state index contributed by atoms with van der Waals surface area (Å²) < 4.78 is 5.43. The Morgan fingerprint density at radius 1 is 1.36 bits per heavy atom. The van der Waals surface area contributed by atoms with Crippen molar-refractivity contribution in [3.8, 4) is 0 Å². The van der Waals surface area contributed by atoms with Crippen LogP contribution < -0.4 is 10.6 Å². The minimum Gasteiger partial charge on any atom is -0.377 e. The van der Waals surface area contributed by atoms with E-state index < -0.39 is 0 Å². The molecule has 2 fully saturated rings. The Bertz CT molecular complexity index is 198. The topological polar surface area (TPSA) is 50.4 Å². The van der Waals surface area contributed by atoms with Crippen molar-refractivity contribution < 1.29 is 9.53 Å². The Morgan fingerprint density at radius 3 is 2.86 bits per heavy atom. The Morgan fingerprint density at radius 2 is 2.21 bits per heavy atom. The molecule has 2 rings (SSSR count). The van der Waals surface area contributed by atoms with Gasteiger partial charge in [-0.05, 0) is 25.7 Å². The molecule has 1 amide bonds. The molecule has 0 aromatic carbocycles. The lowest BCUT2D eigenvalue weighted by atomic mass is 10.2. The summed E-state index contributed by atoms with van der Waals surface area (Å²) in [5.74, 6) is 0.116. The second kappa shape index (κ2) is 4.75. The van der Waals surface area contributed by atoms with E-state index in [0.29, 0.717) is 18.7 Å². The zero-order valence-electron chi connectivity index (χ0n) is 8.42. The average molecular weight is 198 g/mol. The first kappa shape index (κ1) is 9.93. The van der Waals surface area contributed by atoms with Gasteiger partial charge in [0.1, 0.15) is 0 Å². The van der Waals surface area contributed by atoms with E-state index in [0.717, 1.165) is 38.8 Å². The van der Waals surface area contributed by atoms with Crippen LogP contribution in [-0.4, -0.2) is 37.7 Å². The van der Waals surface area contributed by atoms with Gasteiger partial charge in [0, 0.05) is 19.2 Å². The number of hydrogen-bond donors (Lipinski definition) is 2. The van der Waals surface area contributed by atoms with Crippen LogP contribution >= 0.6 is 0 Å². The maximum atomic E-state index is 11.3. The molecular weight excluding hydrogens is 180 g/mol. The van der Waals surface area contributed by atoms with Gasteiger partial charge in [-0.15, -0.1) is 0 Å². The quantitative estimate of drug-likeness (QED) is 0.655. The second-order valence-corrected chi connectivity index (χ2v) is 4.11. The van der Waals surface area contributed by atoms with Gasteiger partial charge in [0.25, 0.3) is 0 Å². The highest BCUT2D eigenvalue weighted by atomic mass is 16.5. The van der Waals surface area contributed by atoms with E-state index in [4.69, 9.17) is 4.74 Å². The molecule has 14 heavy (non-hydrogen) atoms. The van der Waals surface area contributed by atoms with Gasteiger partial charge in [0.15, 0.2) is 0 Å². The van der Waals surface area contributed by atoms with Gasteiger partial charge in [-0.1, -0.05) is 0 Å². The van der Waals surface area contributed by atoms with Crippen molar-refractivity contribution in [1.82, 2.24) is 10.6 Å². The predicted octanol–water partition coefficient (Wildman–Crippen LogP) is 0.0336. The summed E-state index contributed by atoms with van der Waals surface area (Å²) in [4.78, 5) is 11.3. The van der Waals surface area contributed by atoms with E-state index in [9.17, 15) is 4.79 Å². The van der Waals surface area contributed by atoms with E-state index in [1.165, 1.54) is 0 Å². The fraction of sp³-hybridized carbons (Fsp3) is 0.900. The zero-order valence-corrected chi connectivity index (χ0v) is 8.42. The third kappa shape index (κ3) is 3.27. The first-order valence-electron chi connectivity index (χ1n) is 5.46. The Balaban J connectivity index is 1.50. The summed E-state index contributed by atoms with van der Waals surface area (Å²) in [6.45, 7) is 2.11. The summed E-state index contributed by atoms with van der Waals surface area (Å²) in [5, 5.41) is 6.06. The summed E-state index contributed by atoms with van der Waals surface area (Å²) in [7, 11) is 0. The molecule has 1 aliphatic heterocycles. The average Bonchev–Trinajstić information content (AvgIpc) is 2.82. The van der Waals surface area contributed by atoms with Crippen LogP contribution in [-0.2, 0) is 9.53 Å². The van der Waals surface area contributed by atoms with Crippen molar-refractivity contribution in [2.45, 2.75) is 37.8 Å². The standard InChI is InChI=1S/C10H18N2O2/c13-10(12-8-3-4-8)7-11-6-9-2-1-5-14-9/h8-9,11H,1-7H2,(H,12,13)/t9-/m0/s1. The summed E-state index contributed by atoms with van der Waals surface area (Å²) in [5.41, 5.74) is 0. The molecule has 4 nitrogen and oxygen atoms in total. The van der Waals surface area contributed by atoms with Crippen molar-refractivity contribution in [2.75, 3.05) is 19.7 Å². The summed E-state index contributed by atoms with van der Waals surface area (Å²) in [6, 6.07) is 0.465. The number of amides is 1. The highest BCUT2D eigenvalue weighted by Gasteiger charge is 2.23. The number of carbonyl (C=O) groups excluding carboxylic acids is 1. The summed E-state index contributed by atoms with van der Waals surface area (Å²) in [6.07, 6.45) is 4.90. The van der Waals surface area contributed by atoms with Crippen LogP contribution in [0, 0.1) is 0 Å². The number of nitrogens with one attached hydrogen (secondary N) is 2. The largest absolute Gasteiger partial charge is 0.377 e. The molecule has 1 aliphatic carbocycles. The van der Waals surface area contributed by atoms with Crippen molar-refractivity contribution in [1.29, 1.82) is 0 Å². The van der Waals surface area contributed by atoms with E-state index in [1.54, 1.807) is 0 Å². The maximum absolute atomic E-state index is 11.3. The molecule has 1 atom stereocenters. The van der Waals surface area contributed by atoms with Crippen LogP contribution in [0.4, 0.5) is 0 Å². The van der Waals surface area contributed by atoms with E-state index in [2.05, 4.69) is 10.6 Å². The highest BCUT2D eigenvalue weighted by Crippen LogP contribution is 2.18. The summed E-state index contributed by atoms with van der Waals surface area (Å²) >= 11 is 0. The lowest BCUT2D eigenvalue weighted by Crippen LogP contribution is -2.38. The predicted molar refractivity (Wildman–Crippen MR) is 53.0 cm³/mol. The van der Waals surface area contributed by atoms with Gasteiger partial charge in [-0.2, -0.15) is 0 Å². The van der Waals surface area contributed by atoms with Gasteiger partial charge in [-0.25, -0.2) is 0 Å². The van der Waals surface area contributed by atoms with Crippen molar-refractivity contribution in [3.05, 3.63) is 0 Å². The SMILES string of the molecule is O=C(CNC[C@@H]1CCCO1)NC1CC1. The fourth-order valence-electron chi connectivity index (χ4n) is 1.66. The Labute approximate surface area is 84.4 Å². The van der Waals surface area contributed by atoms with Gasteiger partial charge < -0.3 is 15.4 Å². The highest BCUT2D eigenvalue weighted by molar-refractivity contribution is 5.78. The number of hydrogen-bond acceptors (Lipinski definition) is 3. The lowest BCUT2D eigenvalue weighted by molar-refractivity contribution is -0.120. The molecule has 0 spiro atoms. The van der Waals surface area contributed by atoms with Gasteiger partial charge in [-0.3, -0.25) is 4.79 Å².